The molecule has 2 rings (SSSR count). The number of halogens is 1. The summed E-state index contributed by atoms with van der Waals surface area (Å²) in [6.07, 6.45) is 2.33. The van der Waals surface area contributed by atoms with Crippen LogP contribution in [0.15, 0.2) is 24.5 Å². The summed E-state index contributed by atoms with van der Waals surface area (Å²) in [5.74, 6) is -0.0109. The predicted octanol–water partition coefficient (Wildman–Crippen LogP) is 1.91. The molecule has 2 aromatic heterocycles. The first kappa shape index (κ1) is 15.9. The van der Waals surface area contributed by atoms with Gasteiger partial charge in [-0.2, -0.15) is 10.2 Å². The molecule has 0 spiro atoms. The van der Waals surface area contributed by atoms with E-state index in [1.807, 2.05) is 27.7 Å². The molecule has 0 aliphatic rings. The van der Waals surface area contributed by atoms with E-state index in [-0.39, 0.29) is 10.8 Å². The zero-order chi connectivity index (χ0) is 15.6. The molecule has 2 heterocycles. The highest BCUT2D eigenvalue weighted by molar-refractivity contribution is 7.90. The van der Waals surface area contributed by atoms with Crippen molar-refractivity contribution in [2.24, 2.45) is 0 Å². The van der Waals surface area contributed by atoms with Gasteiger partial charge in [0.2, 0.25) is 0 Å². The minimum atomic E-state index is -1.19. The largest absolute Gasteiger partial charge is 0.598 e. The molecule has 0 aliphatic carbocycles. The fourth-order valence-electron chi connectivity index (χ4n) is 1.51. The Labute approximate surface area is 126 Å². The normalized spacial score (nSPS) is 15.0. The van der Waals surface area contributed by atoms with Crippen LogP contribution in [-0.2, 0) is 11.4 Å². The maximum Gasteiger partial charge on any atom is 0.175 e. The minimum absolute atomic E-state index is 0.207. The lowest BCUT2D eigenvalue weighted by Gasteiger charge is -2.26. The molecule has 0 saturated carbocycles. The van der Waals surface area contributed by atoms with Crippen molar-refractivity contribution >= 4 is 11.4 Å². The van der Waals surface area contributed by atoms with Gasteiger partial charge in [-0.1, -0.05) is 0 Å². The molecule has 2 atom stereocenters. The summed E-state index contributed by atoms with van der Waals surface area (Å²) in [5.41, 5.74) is 0.656. The van der Waals surface area contributed by atoms with Gasteiger partial charge in [0, 0.05) is 11.4 Å². The Morgan fingerprint density at radius 3 is 2.52 bits per heavy atom. The van der Waals surface area contributed by atoms with Crippen molar-refractivity contribution in [2.75, 3.05) is 0 Å². The van der Waals surface area contributed by atoms with E-state index in [1.54, 1.807) is 12.1 Å². The van der Waals surface area contributed by atoms with Crippen LogP contribution in [0.3, 0.4) is 0 Å². The number of hydrogen-bond acceptors (Lipinski definition) is 5. The first-order valence-corrected chi connectivity index (χ1v) is 7.64. The van der Waals surface area contributed by atoms with E-state index in [9.17, 15) is 8.94 Å². The van der Waals surface area contributed by atoms with Crippen LogP contribution < -0.4 is 4.72 Å². The van der Waals surface area contributed by atoms with E-state index >= 15 is 0 Å². The van der Waals surface area contributed by atoms with Gasteiger partial charge in [0.15, 0.2) is 11.6 Å². The van der Waals surface area contributed by atoms with Crippen LogP contribution in [0.25, 0.3) is 5.82 Å². The average Bonchev–Trinajstić information content (AvgIpc) is 2.84. The van der Waals surface area contributed by atoms with Crippen molar-refractivity contribution in [1.29, 1.82) is 0 Å². The van der Waals surface area contributed by atoms with Crippen molar-refractivity contribution in [3.63, 3.8) is 0 Å². The van der Waals surface area contributed by atoms with E-state index in [4.69, 9.17) is 0 Å². The molecule has 8 heteroatoms. The molecule has 0 radical (unpaired) electrons. The Morgan fingerprint density at radius 2 is 2.05 bits per heavy atom. The second-order valence-corrected chi connectivity index (χ2v) is 7.64. The third-order valence-corrected chi connectivity index (χ3v) is 4.42. The van der Waals surface area contributed by atoms with Gasteiger partial charge < -0.3 is 4.55 Å². The number of aromatic nitrogens is 4. The quantitative estimate of drug-likeness (QED) is 0.873. The van der Waals surface area contributed by atoms with Crippen molar-refractivity contribution in [1.82, 2.24) is 24.7 Å². The van der Waals surface area contributed by atoms with Crippen molar-refractivity contribution < 1.29 is 8.94 Å². The van der Waals surface area contributed by atoms with Gasteiger partial charge in [-0.25, -0.2) is 9.07 Å². The highest BCUT2D eigenvalue weighted by Crippen LogP contribution is 2.18. The number of nitrogens with zero attached hydrogens (tertiary/aromatic N) is 4. The van der Waals surface area contributed by atoms with E-state index in [1.165, 1.54) is 10.9 Å². The van der Waals surface area contributed by atoms with Crippen LogP contribution in [0.5, 0.6) is 0 Å². The molecular weight excluding hydrogens is 293 g/mol. The highest BCUT2D eigenvalue weighted by atomic mass is 32.2. The second-order valence-electron chi connectivity index (χ2n) is 5.64. The standard InChI is InChI=1S/C13H18FN5OS/c1-9(18-21(20)13(2,3)4)11-5-6-12(17-16-11)19-8-10(14)7-15-19/h5-9,18H,1-4H3/t9-,21?/m0/s1. The van der Waals surface area contributed by atoms with Gasteiger partial charge in [0.05, 0.1) is 24.1 Å². The molecule has 1 N–H and O–H groups in total. The molecule has 6 nitrogen and oxygen atoms in total. The summed E-state index contributed by atoms with van der Waals surface area (Å²) in [6.45, 7) is 7.54. The summed E-state index contributed by atoms with van der Waals surface area (Å²) >= 11 is -1.19. The molecule has 0 amide bonds. The van der Waals surface area contributed by atoms with Gasteiger partial charge in [-0.05, 0) is 39.8 Å². The molecule has 2 aromatic rings. The Bertz CT molecular complexity index is 595. The number of nitrogens with one attached hydrogen (secondary N) is 1. The van der Waals surface area contributed by atoms with Crippen LogP contribution in [0.1, 0.15) is 39.4 Å². The molecule has 0 aliphatic heterocycles. The summed E-state index contributed by atoms with van der Waals surface area (Å²) in [7, 11) is 0. The molecule has 0 fully saturated rings. The highest BCUT2D eigenvalue weighted by Gasteiger charge is 2.28. The van der Waals surface area contributed by atoms with Crippen LogP contribution in [0, 0.1) is 5.82 Å². The van der Waals surface area contributed by atoms with Gasteiger partial charge in [0.1, 0.15) is 4.75 Å². The number of hydrogen-bond donors (Lipinski definition) is 1. The smallest absolute Gasteiger partial charge is 0.175 e. The van der Waals surface area contributed by atoms with Gasteiger partial charge in [-0.15, -0.1) is 9.82 Å². The molecule has 114 valence electrons. The van der Waals surface area contributed by atoms with Crippen LogP contribution in [0.2, 0.25) is 0 Å². The molecule has 21 heavy (non-hydrogen) atoms. The first-order valence-electron chi connectivity index (χ1n) is 6.49. The molecule has 0 saturated heterocycles. The average molecular weight is 311 g/mol. The molecule has 0 bridgehead atoms. The Morgan fingerprint density at radius 1 is 1.33 bits per heavy atom. The topological polar surface area (TPSA) is 78.7 Å². The van der Waals surface area contributed by atoms with E-state index in [0.717, 1.165) is 6.20 Å². The lowest BCUT2D eigenvalue weighted by Crippen LogP contribution is -2.40. The second kappa shape index (κ2) is 6.08. The van der Waals surface area contributed by atoms with E-state index in [0.29, 0.717) is 11.5 Å². The fourth-order valence-corrected chi connectivity index (χ4v) is 2.31. The van der Waals surface area contributed by atoms with Gasteiger partial charge >= 0.3 is 0 Å². The Kier molecular flexibility index (Phi) is 4.60. The lowest BCUT2D eigenvalue weighted by atomic mass is 10.2. The summed E-state index contributed by atoms with van der Waals surface area (Å²) < 4.78 is 28.9. The van der Waals surface area contributed by atoms with Gasteiger partial charge in [-0.3, -0.25) is 0 Å². The first-order chi connectivity index (χ1) is 9.77. The molecular formula is C13H18FN5OS. The zero-order valence-corrected chi connectivity index (χ0v) is 13.2. The molecule has 0 aromatic carbocycles. The SMILES string of the molecule is C[C@H](N[S+]([O-])C(C)(C)C)c1ccc(-n2cc(F)cn2)nn1. The zero-order valence-electron chi connectivity index (χ0n) is 12.4. The van der Waals surface area contributed by atoms with Crippen LogP contribution >= 0.6 is 0 Å². The van der Waals surface area contributed by atoms with Crippen molar-refractivity contribution in [3.05, 3.63) is 36.0 Å². The minimum Gasteiger partial charge on any atom is -0.598 e. The fraction of sp³-hybridized carbons (Fsp3) is 0.462. The summed E-state index contributed by atoms with van der Waals surface area (Å²) in [6, 6.07) is 3.23. The van der Waals surface area contributed by atoms with Crippen LogP contribution in [0.4, 0.5) is 4.39 Å². The van der Waals surface area contributed by atoms with Crippen molar-refractivity contribution in [2.45, 2.75) is 38.5 Å². The maximum atomic E-state index is 12.9. The maximum absolute atomic E-state index is 12.9. The predicted molar refractivity (Wildman–Crippen MR) is 78.6 cm³/mol. The lowest BCUT2D eigenvalue weighted by molar-refractivity contribution is 0.527. The van der Waals surface area contributed by atoms with Crippen molar-refractivity contribution in [3.8, 4) is 5.82 Å². The van der Waals surface area contributed by atoms with E-state index < -0.39 is 17.2 Å². The third kappa shape index (κ3) is 3.99. The van der Waals surface area contributed by atoms with Gasteiger partial charge in [0.25, 0.3) is 0 Å². The monoisotopic (exact) mass is 311 g/mol. The summed E-state index contributed by atoms with van der Waals surface area (Å²) in [5, 5.41) is 11.9. The summed E-state index contributed by atoms with van der Waals surface area (Å²) in [4.78, 5) is 0. The number of rotatable bonds is 4. The third-order valence-electron chi connectivity index (χ3n) is 2.74. The van der Waals surface area contributed by atoms with Crippen LogP contribution in [-0.4, -0.2) is 29.3 Å². The molecule has 1 unspecified atom stereocenters. The Hall–Kier alpha value is -1.51. The van der Waals surface area contributed by atoms with E-state index in [2.05, 4.69) is 20.0 Å². The Balaban J connectivity index is 2.08.